The Hall–Kier alpha value is -1.09. The van der Waals surface area contributed by atoms with E-state index in [1.165, 1.54) is 0 Å². The van der Waals surface area contributed by atoms with Gasteiger partial charge in [-0.1, -0.05) is 17.8 Å². The van der Waals surface area contributed by atoms with Gasteiger partial charge in [-0.25, -0.2) is 9.48 Å². The van der Waals surface area contributed by atoms with Crippen LogP contribution in [0.25, 0.3) is 5.69 Å². The molecule has 1 N–H and O–H groups in total. The molecule has 5 nitrogen and oxygen atoms in total. The number of hydrogen-bond donors (Lipinski definition) is 1. The van der Waals surface area contributed by atoms with Crippen molar-refractivity contribution in [2.75, 3.05) is 0 Å². The number of rotatable bonds is 1. The van der Waals surface area contributed by atoms with Gasteiger partial charge in [0.05, 0.1) is 11.3 Å². The second-order valence-corrected chi connectivity index (χ2v) is 5.42. The second-order valence-electron chi connectivity index (χ2n) is 3.51. The highest BCUT2D eigenvalue weighted by molar-refractivity contribution is 14.1. The van der Waals surface area contributed by atoms with E-state index in [-0.39, 0.29) is 5.56 Å². The standard InChI is InChI=1S/C10H6IN3O2S/c11-9-12-10-14(13-9)7-3-5(8(15)16)1-2-6(7)4-17-10/h1-3H,4H2,(H,15,16). The molecule has 1 aromatic heterocycles. The molecule has 1 aromatic carbocycles. The molecule has 0 spiro atoms. The Kier molecular flexibility index (Phi) is 2.58. The molecular formula is C10H6IN3O2S. The lowest BCUT2D eigenvalue weighted by Gasteiger charge is -2.16. The number of carbonyl (C=O) groups is 1. The quantitative estimate of drug-likeness (QED) is 0.791. The van der Waals surface area contributed by atoms with Crippen molar-refractivity contribution in [2.24, 2.45) is 0 Å². The maximum Gasteiger partial charge on any atom is 0.335 e. The smallest absolute Gasteiger partial charge is 0.335 e. The van der Waals surface area contributed by atoms with Crippen molar-refractivity contribution >= 4 is 40.3 Å². The predicted molar refractivity (Wildman–Crippen MR) is 70.6 cm³/mol. The summed E-state index contributed by atoms with van der Waals surface area (Å²) >= 11 is 3.65. The highest BCUT2D eigenvalue weighted by atomic mass is 127. The number of aromatic nitrogens is 3. The summed E-state index contributed by atoms with van der Waals surface area (Å²) in [6, 6.07) is 5.10. The fourth-order valence-electron chi connectivity index (χ4n) is 1.68. The van der Waals surface area contributed by atoms with E-state index in [1.807, 2.05) is 28.7 Å². The molecule has 17 heavy (non-hydrogen) atoms. The molecule has 0 bridgehead atoms. The molecule has 0 fully saturated rings. The number of benzene rings is 1. The fraction of sp³-hybridized carbons (Fsp3) is 0.100. The van der Waals surface area contributed by atoms with Gasteiger partial charge in [-0.3, -0.25) is 0 Å². The van der Waals surface area contributed by atoms with Crippen LogP contribution in [0.15, 0.2) is 23.4 Å². The Morgan fingerprint density at radius 3 is 3.12 bits per heavy atom. The summed E-state index contributed by atoms with van der Waals surface area (Å²) in [6.07, 6.45) is 0. The summed E-state index contributed by atoms with van der Waals surface area (Å²) in [4.78, 5) is 15.2. The molecule has 1 aliphatic heterocycles. The fourth-order valence-corrected chi connectivity index (χ4v) is 3.23. The van der Waals surface area contributed by atoms with E-state index in [2.05, 4.69) is 10.1 Å². The average molecular weight is 359 g/mol. The van der Waals surface area contributed by atoms with Gasteiger partial charge in [0.15, 0.2) is 5.16 Å². The van der Waals surface area contributed by atoms with Crippen LogP contribution in [0.4, 0.5) is 0 Å². The van der Waals surface area contributed by atoms with Crippen molar-refractivity contribution in [2.45, 2.75) is 10.9 Å². The molecule has 0 amide bonds. The van der Waals surface area contributed by atoms with Crippen LogP contribution < -0.4 is 0 Å². The van der Waals surface area contributed by atoms with Crippen molar-refractivity contribution in [1.29, 1.82) is 0 Å². The lowest BCUT2D eigenvalue weighted by Crippen LogP contribution is -2.09. The first-order valence-electron chi connectivity index (χ1n) is 4.77. The van der Waals surface area contributed by atoms with Crippen LogP contribution in [0.3, 0.4) is 0 Å². The molecule has 86 valence electrons. The lowest BCUT2D eigenvalue weighted by molar-refractivity contribution is 0.0697. The van der Waals surface area contributed by atoms with Gasteiger partial charge in [0.25, 0.3) is 0 Å². The summed E-state index contributed by atoms with van der Waals surface area (Å²) in [5.41, 5.74) is 2.16. The van der Waals surface area contributed by atoms with Crippen LogP contribution in [0.2, 0.25) is 0 Å². The normalized spacial score (nSPS) is 13.0. The van der Waals surface area contributed by atoms with Gasteiger partial charge < -0.3 is 5.11 Å². The topological polar surface area (TPSA) is 68.0 Å². The van der Waals surface area contributed by atoms with Crippen molar-refractivity contribution in [3.63, 3.8) is 0 Å². The Bertz CT molecular complexity index is 626. The van der Waals surface area contributed by atoms with Crippen molar-refractivity contribution in [3.8, 4) is 5.69 Å². The van der Waals surface area contributed by atoms with E-state index in [9.17, 15) is 4.79 Å². The van der Waals surface area contributed by atoms with Crippen LogP contribution in [0, 0.1) is 3.83 Å². The first-order chi connectivity index (χ1) is 8.15. The first kappa shape index (κ1) is 11.0. The molecule has 7 heteroatoms. The van der Waals surface area contributed by atoms with Gasteiger partial charge >= 0.3 is 5.97 Å². The number of aromatic carboxylic acids is 1. The third kappa shape index (κ3) is 1.82. The molecule has 0 aliphatic carbocycles. The number of carboxylic acids is 1. The Morgan fingerprint density at radius 2 is 2.35 bits per heavy atom. The Labute approximate surface area is 114 Å². The molecule has 2 heterocycles. The minimum Gasteiger partial charge on any atom is -0.478 e. The van der Waals surface area contributed by atoms with E-state index in [0.29, 0.717) is 3.83 Å². The Morgan fingerprint density at radius 1 is 1.53 bits per heavy atom. The van der Waals surface area contributed by atoms with Crippen molar-refractivity contribution < 1.29 is 9.90 Å². The molecule has 1 aliphatic rings. The SMILES string of the molecule is O=C(O)c1ccc2c(c1)-n1nc(I)nc1SC2. The van der Waals surface area contributed by atoms with Crippen LogP contribution in [0.1, 0.15) is 15.9 Å². The summed E-state index contributed by atoms with van der Waals surface area (Å²) in [7, 11) is 0. The number of carboxylic acid groups (broad SMARTS) is 1. The van der Waals surface area contributed by atoms with E-state index in [1.54, 1.807) is 28.6 Å². The van der Waals surface area contributed by atoms with Gasteiger partial charge in [-0.2, -0.15) is 4.98 Å². The number of fused-ring (bicyclic) bond motifs is 3. The third-order valence-corrected chi connectivity index (χ3v) is 3.90. The largest absolute Gasteiger partial charge is 0.478 e. The van der Waals surface area contributed by atoms with Gasteiger partial charge in [-0.05, 0) is 17.7 Å². The van der Waals surface area contributed by atoms with Gasteiger partial charge in [0.1, 0.15) is 0 Å². The van der Waals surface area contributed by atoms with Crippen LogP contribution in [-0.2, 0) is 5.75 Å². The number of hydrogen-bond acceptors (Lipinski definition) is 4. The molecule has 0 atom stereocenters. The molecule has 0 unspecified atom stereocenters. The molecular weight excluding hydrogens is 353 g/mol. The zero-order valence-electron chi connectivity index (χ0n) is 8.42. The van der Waals surface area contributed by atoms with E-state index < -0.39 is 5.97 Å². The summed E-state index contributed by atoms with van der Waals surface area (Å²) in [5, 5.41) is 14.1. The monoisotopic (exact) mass is 359 g/mol. The summed E-state index contributed by atoms with van der Waals surface area (Å²) in [5.74, 6) is -0.133. The van der Waals surface area contributed by atoms with Crippen LogP contribution >= 0.6 is 34.4 Å². The van der Waals surface area contributed by atoms with Crippen LogP contribution in [-0.4, -0.2) is 25.8 Å². The Balaban J connectivity index is 2.22. The summed E-state index contributed by atoms with van der Waals surface area (Å²) < 4.78 is 2.37. The minimum atomic E-state index is -0.928. The molecule has 3 rings (SSSR count). The third-order valence-electron chi connectivity index (χ3n) is 2.47. The maximum atomic E-state index is 11.0. The molecule has 0 saturated carbocycles. The van der Waals surface area contributed by atoms with E-state index in [4.69, 9.17) is 5.11 Å². The van der Waals surface area contributed by atoms with Crippen LogP contribution in [0.5, 0.6) is 0 Å². The van der Waals surface area contributed by atoms with Gasteiger partial charge in [0, 0.05) is 28.3 Å². The molecule has 2 aromatic rings. The van der Waals surface area contributed by atoms with Gasteiger partial charge in [0.2, 0.25) is 3.83 Å². The second kappa shape index (κ2) is 3.98. The summed E-state index contributed by atoms with van der Waals surface area (Å²) in [6.45, 7) is 0. The zero-order valence-corrected chi connectivity index (χ0v) is 11.4. The van der Waals surface area contributed by atoms with Gasteiger partial charge in [-0.15, -0.1) is 5.10 Å². The van der Waals surface area contributed by atoms with Crippen molar-refractivity contribution in [1.82, 2.24) is 14.8 Å². The number of halogens is 1. The average Bonchev–Trinajstić information content (AvgIpc) is 2.69. The maximum absolute atomic E-state index is 11.0. The minimum absolute atomic E-state index is 0.270. The first-order valence-corrected chi connectivity index (χ1v) is 6.83. The van der Waals surface area contributed by atoms with E-state index >= 15 is 0 Å². The highest BCUT2D eigenvalue weighted by Gasteiger charge is 2.20. The van der Waals surface area contributed by atoms with Crippen molar-refractivity contribution in [3.05, 3.63) is 33.2 Å². The number of nitrogens with zero attached hydrogens (tertiary/aromatic N) is 3. The number of thioether (sulfide) groups is 1. The molecule has 0 radical (unpaired) electrons. The highest BCUT2D eigenvalue weighted by Crippen LogP contribution is 2.33. The predicted octanol–water partition coefficient (Wildman–Crippen LogP) is 2.18. The molecule has 0 saturated heterocycles. The lowest BCUT2D eigenvalue weighted by atomic mass is 10.1. The zero-order chi connectivity index (χ0) is 12.0. The van der Waals surface area contributed by atoms with E-state index in [0.717, 1.165) is 22.2 Å².